The molecule has 1 aliphatic rings. The minimum absolute atomic E-state index is 0.616. The van der Waals surface area contributed by atoms with Crippen molar-refractivity contribution in [2.45, 2.75) is 39.2 Å². The zero-order valence-electron chi connectivity index (χ0n) is 12.4. The van der Waals surface area contributed by atoms with Gasteiger partial charge in [0.15, 0.2) is 0 Å². The van der Waals surface area contributed by atoms with Crippen molar-refractivity contribution in [3.05, 3.63) is 41.5 Å². The molecular weight excluding hydrogens is 234 g/mol. The van der Waals surface area contributed by atoms with Crippen molar-refractivity contribution < 1.29 is 4.74 Å². The Morgan fingerprint density at radius 2 is 2.26 bits per heavy atom. The largest absolute Gasteiger partial charge is 0.496 e. The molecule has 1 atom stereocenters. The van der Waals surface area contributed by atoms with Gasteiger partial charge in [0.05, 0.1) is 7.11 Å². The Bertz CT molecular complexity index is 438. The van der Waals surface area contributed by atoms with Crippen LogP contribution in [0.5, 0.6) is 5.75 Å². The molecule has 2 heteroatoms. The highest BCUT2D eigenvalue weighted by atomic mass is 16.5. The van der Waals surface area contributed by atoms with Crippen LogP contribution in [0.4, 0.5) is 0 Å². The van der Waals surface area contributed by atoms with Gasteiger partial charge >= 0.3 is 0 Å². The van der Waals surface area contributed by atoms with E-state index in [1.54, 1.807) is 7.11 Å². The molecule has 1 aromatic rings. The maximum Gasteiger partial charge on any atom is 0.122 e. The summed E-state index contributed by atoms with van der Waals surface area (Å²) in [6.07, 6.45) is 3.49. The van der Waals surface area contributed by atoms with E-state index >= 15 is 0 Å². The third kappa shape index (κ3) is 3.19. The predicted octanol–water partition coefficient (Wildman–Crippen LogP) is 3.45. The quantitative estimate of drug-likeness (QED) is 0.751. The zero-order chi connectivity index (χ0) is 13.8. The molecule has 1 aromatic carbocycles. The van der Waals surface area contributed by atoms with Crippen LogP contribution < -0.4 is 4.74 Å². The van der Waals surface area contributed by atoms with E-state index in [-0.39, 0.29) is 0 Å². The van der Waals surface area contributed by atoms with E-state index in [1.165, 1.54) is 23.1 Å². The summed E-state index contributed by atoms with van der Waals surface area (Å²) in [7, 11) is 1.77. The first kappa shape index (κ1) is 14.1. The molecule has 0 heterocycles. The van der Waals surface area contributed by atoms with Crippen LogP contribution in [-0.2, 0) is 12.8 Å². The van der Waals surface area contributed by atoms with Crippen molar-refractivity contribution in [3.63, 3.8) is 0 Å². The van der Waals surface area contributed by atoms with Gasteiger partial charge in [0.1, 0.15) is 5.75 Å². The summed E-state index contributed by atoms with van der Waals surface area (Å²) in [5.41, 5.74) is 4.11. The number of nitrogens with zero attached hydrogens (tertiary/aromatic N) is 1. The Morgan fingerprint density at radius 1 is 1.47 bits per heavy atom. The molecule has 0 N–H and O–H groups in total. The first-order valence-corrected chi connectivity index (χ1v) is 7.18. The molecule has 0 amide bonds. The van der Waals surface area contributed by atoms with Crippen molar-refractivity contribution in [2.75, 3.05) is 20.2 Å². The van der Waals surface area contributed by atoms with Crippen LogP contribution in [0.15, 0.2) is 30.4 Å². The van der Waals surface area contributed by atoms with E-state index in [4.69, 9.17) is 4.74 Å². The smallest absolute Gasteiger partial charge is 0.122 e. The fourth-order valence-corrected chi connectivity index (χ4v) is 3.09. The second-order valence-electron chi connectivity index (χ2n) is 5.51. The third-order valence-corrected chi connectivity index (χ3v) is 4.03. The molecule has 0 bridgehead atoms. The van der Waals surface area contributed by atoms with Crippen molar-refractivity contribution >= 4 is 0 Å². The van der Waals surface area contributed by atoms with Gasteiger partial charge in [0.2, 0.25) is 0 Å². The van der Waals surface area contributed by atoms with Gasteiger partial charge in [-0.15, -0.1) is 0 Å². The lowest BCUT2D eigenvalue weighted by Crippen LogP contribution is -2.40. The number of fused-ring (bicyclic) bond motifs is 1. The minimum Gasteiger partial charge on any atom is -0.496 e. The monoisotopic (exact) mass is 259 g/mol. The van der Waals surface area contributed by atoms with Crippen LogP contribution in [0.2, 0.25) is 0 Å². The molecule has 0 aliphatic heterocycles. The molecule has 0 aromatic heterocycles. The van der Waals surface area contributed by atoms with Crippen molar-refractivity contribution in [2.24, 2.45) is 0 Å². The highest BCUT2D eigenvalue weighted by molar-refractivity contribution is 5.42. The average molecular weight is 259 g/mol. The van der Waals surface area contributed by atoms with E-state index in [2.05, 4.69) is 43.5 Å². The van der Waals surface area contributed by atoms with Gasteiger partial charge in [-0.3, -0.25) is 4.90 Å². The topological polar surface area (TPSA) is 12.5 Å². The first-order valence-electron chi connectivity index (χ1n) is 7.18. The summed E-state index contributed by atoms with van der Waals surface area (Å²) in [5, 5.41) is 0. The molecule has 1 unspecified atom stereocenters. The van der Waals surface area contributed by atoms with Gasteiger partial charge in [-0.1, -0.05) is 31.2 Å². The van der Waals surface area contributed by atoms with Crippen LogP contribution >= 0.6 is 0 Å². The van der Waals surface area contributed by atoms with Crippen LogP contribution in [0.25, 0.3) is 0 Å². The summed E-state index contributed by atoms with van der Waals surface area (Å²) < 4.78 is 5.52. The summed E-state index contributed by atoms with van der Waals surface area (Å²) in [5.74, 6) is 1.05. The molecule has 19 heavy (non-hydrogen) atoms. The predicted molar refractivity (Wildman–Crippen MR) is 80.9 cm³/mol. The average Bonchev–Trinajstić information content (AvgIpc) is 2.43. The van der Waals surface area contributed by atoms with Crippen molar-refractivity contribution in [3.8, 4) is 5.75 Å². The minimum atomic E-state index is 0.616. The van der Waals surface area contributed by atoms with Crippen LogP contribution in [0.1, 0.15) is 31.4 Å². The highest BCUT2D eigenvalue weighted by Gasteiger charge is 2.25. The zero-order valence-corrected chi connectivity index (χ0v) is 12.4. The Balaban J connectivity index is 2.18. The number of likely N-dealkylation sites (N-methyl/N-ethyl adjacent to an activating group) is 1. The maximum absolute atomic E-state index is 5.52. The molecule has 2 nitrogen and oxygen atoms in total. The Morgan fingerprint density at radius 3 is 2.89 bits per heavy atom. The van der Waals surface area contributed by atoms with Gasteiger partial charge < -0.3 is 4.74 Å². The summed E-state index contributed by atoms with van der Waals surface area (Å²) in [6, 6.07) is 7.04. The molecule has 0 spiro atoms. The van der Waals surface area contributed by atoms with Crippen molar-refractivity contribution in [1.29, 1.82) is 0 Å². The van der Waals surface area contributed by atoms with Gasteiger partial charge in [0.25, 0.3) is 0 Å². The number of methoxy groups -OCH3 is 1. The lowest BCUT2D eigenvalue weighted by Gasteiger charge is -2.35. The number of hydrogen-bond donors (Lipinski definition) is 0. The maximum atomic E-state index is 5.52. The molecule has 0 saturated heterocycles. The number of ether oxygens (including phenoxy) is 1. The second-order valence-corrected chi connectivity index (χ2v) is 5.51. The molecular formula is C17H25NO. The van der Waals surface area contributed by atoms with Crippen LogP contribution in [0.3, 0.4) is 0 Å². The first-order chi connectivity index (χ1) is 9.15. The normalized spacial score (nSPS) is 18.2. The Labute approximate surface area is 117 Å². The fraction of sp³-hybridized carbons (Fsp3) is 0.529. The number of rotatable bonds is 5. The molecule has 0 saturated carbocycles. The highest BCUT2D eigenvalue weighted by Crippen LogP contribution is 2.31. The lowest BCUT2D eigenvalue weighted by molar-refractivity contribution is 0.203. The van der Waals surface area contributed by atoms with E-state index < -0.39 is 0 Å². The molecule has 104 valence electrons. The van der Waals surface area contributed by atoms with E-state index in [0.29, 0.717) is 6.04 Å². The third-order valence-electron chi connectivity index (χ3n) is 4.03. The van der Waals surface area contributed by atoms with Gasteiger partial charge in [0, 0.05) is 12.6 Å². The summed E-state index contributed by atoms with van der Waals surface area (Å²) in [6.45, 7) is 10.5. The van der Waals surface area contributed by atoms with E-state index in [0.717, 1.165) is 31.7 Å². The SMILES string of the molecule is C=C(C)CN(CC)C1CCc2cccc(OC)c2C1. The van der Waals surface area contributed by atoms with E-state index in [1.807, 2.05) is 0 Å². The van der Waals surface area contributed by atoms with Gasteiger partial charge in [-0.25, -0.2) is 0 Å². The molecule has 0 radical (unpaired) electrons. The van der Waals surface area contributed by atoms with Crippen molar-refractivity contribution in [1.82, 2.24) is 4.90 Å². The fourth-order valence-electron chi connectivity index (χ4n) is 3.09. The number of benzene rings is 1. The Hall–Kier alpha value is -1.28. The summed E-state index contributed by atoms with van der Waals surface area (Å²) in [4.78, 5) is 2.54. The number of aryl methyl sites for hydroxylation is 1. The van der Waals surface area contributed by atoms with Crippen LogP contribution in [-0.4, -0.2) is 31.1 Å². The standard InChI is InChI=1S/C17H25NO/c1-5-18(12-13(2)3)15-10-9-14-7-6-8-17(19-4)16(14)11-15/h6-8,15H,2,5,9-12H2,1,3-4H3. The summed E-state index contributed by atoms with van der Waals surface area (Å²) >= 11 is 0. The molecule has 2 rings (SSSR count). The second kappa shape index (κ2) is 6.25. The molecule has 1 aliphatic carbocycles. The number of hydrogen-bond acceptors (Lipinski definition) is 2. The lowest BCUT2D eigenvalue weighted by atomic mass is 9.86. The molecule has 0 fully saturated rings. The van der Waals surface area contributed by atoms with Gasteiger partial charge in [-0.05, 0) is 49.9 Å². The van der Waals surface area contributed by atoms with Gasteiger partial charge in [-0.2, -0.15) is 0 Å². The van der Waals surface area contributed by atoms with E-state index in [9.17, 15) is 0 Å². The van der Waals surface area contributed by atoms with Crippen LogP contribution in [0, 0.1) is 0 Å². The Kier molecular flexibility index (Phi) is 4.65.